The van der Waals surface area contributed by atoms with Crippen LogP contribution in [-0.2, 0) is 0 Å². The minimum absolute atomic E-state index is 0.290. The maximum Gasteiger partial charge on any atom is 0.295 e. The van der Waals surface area contributed by atoms with Crippen LogP contribution in [0, 0.1) is 4.91 Å². The first-order chi connectivity index (χ1) is 6.27. The van der Waals surface area contributed by atoms with Gasteiger partial charge in [0.2, 0.25) is 0 Å². The maximum absolute atomic E-state index is 10.7. The second-order valence-electron chi connectivity index (χ2n) is 2.65. The Morgan fingerprint density at radius 2 is 1.92 bits per heavy atom. The minimum Gasteiger partial charge on any atom is -0.486 e. The molecule has 2 rings (SSSR count). The zero-order valence-corrected chi connectivity index (χ0v) is 6.90. The molecular weight excluding hydrogens is 172 g/mol. The summed E-state index contributed by atoms with van der Waals surface area (Å²) in [6.07, 6.45) is 0. The number of hydrogen-bond donors (Lipinski definition) is 1. The van der Waals surface area contributed by atoms with Crippen LogP contribution in [0.5, 0.6) is 11.5 Å². The molecule has 0 atom stereocenters. The van der Waals surface area contributed by atoms with Crippen LogP contribution in [0.1, 0.15) is 0 Å². The van der Waals surface area contributed by atoms with Gasteiger partial charge in [-0.3, -0.25) is 0 Å². The molecule has 5 heteroatoms. The van der Waals surface area contributed by atoms with E-state index >= 15 is 0 Å². The monoisotopic (exact) mass is 181 g/mol. The van der Waals surface area contributed by atoms with Gasteiger partial charge in [0.25, 0.3) is 5.69 Å². The molecule has 0 amide bonds. The number of benzene rings is 1. The van der Waals surface area contributed by atoms with E-state index in [4.69, 9.17) is 15.3 Å². The molecule has 1 aliphatic heterocycles. The van der Waals surface area contributed by atoms with Gasteiger partial charge in [-0.15, -0.1) is 0 Å². The molecule has 1 aromatic rings. The van der Waals surface area contributed by atoms with Gasteiger partial charge in [0.15, 0.2) is 16.4 Å². The fourth-order valence-corrected chi connectivity index (χ4v) is 1.17. The highest BCUT2D eigenvalue weighted by Gasteiger charge is 2.17. The van der Waals surface area contributed by atoms with Crippen molar-refractivity contribution < 1.29 is 14.3 Å². The predicted octanol–water partition coefficient (Wildman–Crippen LogP) is 0.742. The van der Waals surface area contributed by atoms with Gasteiger partial charge in [0.1, 0.15) is 13.2 Å². The second kappa shape index (κ2) is 2.93. The van der Waals surface area contributed by atoms with Gasteiger partial charge in [-0.2, -0.15) is 5.84 Å². The quantitative estimate of drug-likeness (QED) is 0.394. The molecule has 0 aromatic heterocycles. The average molecular weight is 181 g/mol. The molecule has 1 aliphatic rings. The fourth-order valence-electron chi connectivity index (χ4n) is 1.17. The third-order valence-corrected chi connectivity index (χ3v) is 1.78. The lowest BCUT2D eigenvalue weighted by molar-refractivity contribution is -0.474. The number of fused-ring (bicyclic) bond motifs is 1. The van der Waals surface area contributed by atoms with Gasteiger partial charge in [-0.05, 0) is 6.07 Å². The van der Waals surface area contributed by atoms with E-state index in [1.165, 1.54) is 0 Å². The topological polar surface area (TPSA) is 64.6 Å². The summed E-state index contributed by atoms with van der Waals surface area (Å²) in [5.41, 5.74) is 0.351. The van der Waals surface area contributed by atoms with E-state index in [0.717, 1.165) is 0 Å². The van der Waals surface area contributed by atoms with Crippen molar-refractivity contribution in [3.63, 3.8) is 0 Å². The fraction of sp³-hybridized carbons (Fsp3) is 0.250. The minimum atomic E-state index is 0.290. The summed E-state index contributed by atoms with van der Waals surface area (Å²) in [4.78, 5) is 11.0. The van der Waals surface area contributed by atoms with Gasteiger partial charge in [-0.1, -0.05) is 0 Å². The van der Waals surface area contributed by atoms with Crippen LogP contribution in [-0.4, -0.2) is 18.1 Å². The molecule has 68 valence electrons. The van der Waals surface area contributed by atoms with Crippen molar-refractivity contribution in [1.82, 2.24) is 0 Å². The largest absolute Gasteiger partial charge is 0.486 e. The van der Waals surface area contributed by atoms with Gasteiger partial charge in [-0.25, -0.2) is 0 Å². The molecule has 0 spiro atoms. The van der Waals surface area contributed by atoms with E-state index in [0.29, 0.717) is 30.4 Å². The zero-order chi connectivity index (χ0) is 9.26. The second-order valence-corrected chi connectivity index (χ2v) is 2.65. The highest BCUT2D eigenvalue weighted by Crippen LogP contribution is 2.32. The van der Waals surface area contributed by atoms with Crippen LogP contribution in [0.3, 0.4) is 0 Å². The highest BCUT2D eigenvalue weighted by molar-refractivity contribution is 5.48. The molecule has 0 radical (unpaired) electrons. The van der Waals surface area contributed by atoms with Crippen LogP contribution in [0.2, 0.25) is 0 Å². The Hall–Kier alpha value is -1.78. The lowest BCUT2D eigenvalue weighted by atomic mass is 10.2. The lowest BCUT2D eigenvalue weighted by Gasteiger charge is -2.17. The maximum atomic E-state index is 10.7. The molecule has 0 unspecified atom stereocenters. The Labute approximate surface area is 74.6 Å². The van der Waals surface area contributed by atoms with Gasteiger partial charge in [0.05, 0.1) is 11.0 Å². The van der Waals surface area contributed by atoms with Crippen molar-refractivity contribution in [2.75, 3.05) is 13.2 Å². The van der Waals surface area contributed by atoms with E-state index < -0.39 is 0 Å². The molecule has 1 heterocycles. The standard InChI is InChI=1S/C8H9N2O3/c9-10(11)6-1-2-7-8(5-6)13-4-3-12-7/h1-2,5H,3-4H2,(H2,9,11)/q+1. The first kappa shape index (κ1) is 7.85. The Bertz CT molecular complexity index is 351. The van der Waals surface area contributed by atoms with Crippen molar-refractivity contribution in [3.05, 3.63) is 23.1 Å². The number of hydrogen-bond acceptors (Lipinski definition) is 3. The normalized spacial score (nSPS) is 13.8. The first-order valence-electron chi connectivity index (χ1n) is 3.89. The van der Waals surface area contributed by atoms with Crippen molar-refractivity contribution in [1.29, 1.82) is 0 Å². The smallest absolute Gasteiger partial charge is 0.295 e. The summed E-state index contributed by atoms with van der Waals surface area (Å²) in [6.45, 7) is 1.04. The molecule has 2 N–H and O–H groups in total. The van der Waals surface area contributed by atoms with E-state index in [-0.39, 0.29) is 4.87 Å². The van der Waals surface area contributed by atoms with Crippen molar-refractivity contribution in [3.8, 4) is 11.5 Å². The Kier molecular flexibility index (Phi) is 1.77. The first-order valence-corrected chi connectivity index (χ1v) is 3.89. The number of nitrogens with zero attached hydrogens (tertiary/aromatic N) is 1. The van der Waals surface area contributed by atoms with E-state index in [9.17, 15) is 4.91 Å². The van der Waals surface area contributed by atoms with E-state index in [2.05, 4.69) is 0 Å². The van der Waals surface area contributed by atoms with E-state index in [1.807, 2.05) is 0 Å². The Balaban J connectivity index is 2.40. The molecule has 1 aromatic carbocycles. The van der Waals surface area contributed by atoms with Crippen LogP contribution in [0.15, 0.2) is 18.2 Å². The average Bonchev–Trinajstić information content (AvgIpc) is 2.17. The zero-order valence-electron chi connectivity index (χ0n) is 6.90. The molecule has 13 heavy (non-hydrogen) atoms. The van der Waals surface area contributed by atoms with E-state index in [1.54, 1.807) is 18.2 Å². The molecule has 0 aliphatic carbocycles. The molecular formula is C8H9N2O3+. The van der Waals surface area contributed by atoms with Crippen molar-refractivity contribution >= 4 is 5.69 Å². The van der Waals surface area contributed by atoms with Gasteiger partial charge >= 0.3 is 0 Å². The van der Waals surface area contributed by atoms with Gasteiger partial charge < -0.3 is 9.47 Å². The van der Waals surface area contributed by atoms with Crippen LogP contribution >= 0.6 is 0 Å². The number of hydrazine groups is 1. The molecule has 5 nitrogen and oxygen atoms in total. The third kappa shape index (κ3) is 1.40. The number of nitrogens with two attached hydrogens (primary N) is 1. The number of rotatable bonds is 1. The van der Waals surface area contributed by atoms with Crippen molar-refractivity contribution in [2.45, 2.75) is 0 Å². The number of nitroso groups, excluding NO2 is 1. The molecule has 0 saturated carbocycles. The van der Waals surface area contributed by atoms with Crippen LogP contribution in [0.4, 0.5) is 5.69 Å². The van der Waals surface area contributed by atoms with Crippen LogP contribution < -0.4 is 15.3 Å². The Morgan fingerprint density at radius 3 is 2.62 bits per heavy atom. The lowest BCUT2D eigenvalue weighted by Crippen LogP contribution is -2.16. The predicted molar refractivity (Wildman–Crippen MR) is 44.9 cm³/mol. The SMILES string of the molecule is N[N+](=O)c1ccc2c(c1)OCCO2. The molecule has 0 bridgehead atoms. The van der Waals surface area contributed by atoms with Crippen molar-refractivity contribution in [2.24, 2.45) is 5.84 Å². The summed E-state index contributed by atoms with van der Waals surface area (Å²) in [7, 11) is 0. The Morgan fingerprint density at radius 1 is 1.23 bits per heavy atom. The molecule has 0 saturated heterocycles. The third-order valence-electron chi connectivity index (χ3n) is 1.78. The summed E-state index contributed by atoms with van der Waals surface area (Å²) in [5, 5.41) is 0. The summed E-state index contributed by atoms with van der Waals surface area (Å²) >= 11 is 0. The van der Waals surface area contributed by atoms with Crippen LogP contribution in [0.25, 0.3) is 0 Å². The highest BCUT2D eigenvalue weighted by atomic mass is 16.6. The summed E-state index contributed by atoms with van der Waals surface area (Å²) in [6, 6.07) is 4.81. The summed E-state index contributed by atoms with van der Waals surface area (Å²) < 4.78 is 10.5. The summed E-state index contributed by atoms with van der Waals surface area (Å²) in [5.74, 6) is 6.24. The molecule has 0 fully saturated rings. The number of ether oxygens (including phenoxy) is 2. The van der Waals surface area contributed by atoms with Gasteiger partial charge in [0, 0.05) is 6.07 Å².